The van der Waals surface area contributed by atoms with Gasteiger partial charge in [0.1, 0.15) is 5.82 Å². The third-order valence-electron chi connectivity index (χ3n) is 4.40. The molecular weight excluding hydrogens is 310 g/mol. The summed E-state index contributed by atoms with van der Waals surface area (Å²) in [5.41, 5.74) is 2.75. The van der Waals surface area contributed by atoms with Crippen LogP contribution in [0.25, 0.3) is 11.0 Å². The molecule has 0 spiro atoms. The normalized spacial score (nSPS) is 13.0. The molecule has 4 heteroatoms. The number of para-hydroxylation sites is 2. The molecule has 0 fully saturated rings. The molecule has 1 N–H and O–H groups in total. The van der Waals surface area contributed by atoms with Crippen LogP contribution < -0.4 is 5.32 Å². The maximum Gasteiger partial charge on any atom is 0.225 e. The zero-order chi connectivity index (χ0) is 18.0. The van der Waals surface area contributed by atoms with Crippen molar-refractivity contribution in [3.63, 3.8) is 0 Å². The van der Waals surface area contributed by atoms with E-state index in [0.717, 1.165) is 16.9 Å². The number of carbonyl (C=O) groups excluding carboxylic acids is 1. The molecule has 0 radical (unpaired) electrons. The minimum Gasteiger partial charge on any atom is -0.345 e. The zero-order valence-electron chi connectivity index (χ0n) is 15.3. The van der Waals surface area contributed by atoms with Crippen molar-refractivity contribution in [3.8, 4) is 0 Å². The third kappa shape index (κ3) is 3.73. The zero-order valence-corrected chi connectivity index (χ0v) is 15.3. The Bertz CT molecular complexity index is 875. The van der Waals surface area contributed by atoms with E-state index in [4.69, 9.17) is 4.98 Å². The molecule has 130 valence electrons. The number of nitrogens with zero attached hydrogens (tertiary/aromatic N) is 2. The smallest absolute Gasteiger partial charge is 0.225 e. The lowest BCUT2D eigenvalue weighted by Crippen LogP contribution is -2.39. The van der Waals surface area contributed by atoms with Gasteiger partial charge >= 0.3 is 0 Å². The Morgan fingerprint density at radius 3 is 2.36 bits per heavy atom. The lowest BCUT2D eigenvalue weighted by molar-refractivity contribution is -0.129. The van der Waals surface area contributed by atoms with Crippen molar-refractivity contribution < 1.29 is 4.79 Å². The average Bonchev–Trinajstić information content (AvgIpc) is 2.91. The van der Waals surface area contributed by atoms with Crippen LogP contribution in [0.4, 0.5) is 0 Å². The Labute approximate surface area is 148 Å². The maximum atomic E-state index is 12.6. The first-order chi connectivity index (χ1) is 11.9. The van der Waals surface area contributed by atoms with E-state index in [1.807, 2.05) is 64.2 Å². The van der Waals surface area contributed by atoms with Gasteiger partial charge in [0.05, 0.1) is 17.1 Å². The van der Waals surface area contributed by atoms with Gasteiger partial charge in [-0.1, -0.05) is 63.2 Å². The number of nitrogens with one attached hydrogen (secondary N) is 1. The highest BCUT2D eigenvalue weighted by Gasteiger charge is 2.27. The van der Waals surface area contributed by atoms with E-state index >= 15 is 0 Å². The number of amides is 1. The van der Waals surface area contributed by atoms with Gasteiger partial charge in [0.25, 0.3) is 0 Å². The fourth-order valence-corrected chi connectivity index (χ4v) is 2.91. The van der Waals surface area contributed by atoms with E-state index in [-0.39, 0.29) is 11.9 Å². The fraction of sp³-hybridized carbons (Fsp3) is 0.333. The van der Waals surface area contributed by atoms with Crippen LogP contribution in [-0.4, -0.2) is 15.5 Å². The van der Waals surface area contributed by atoms with Crippen LogP contribution in [0.5, 0.6) is 0 Å². The number of imidazole rings is 1. The van der Waals surface area contributed by atoms with Crippen molar-refractivity contribution in [1.29, 1.82) is 0 Å². The van der Waals surface area contributed by atoms with E-state index in [1.165, 1.54) is 5.56 Å². The molecule has 3 aromatic rings. The highest BCUT2D eigenvalue weighted by Crippen LogP contribution is 2.24. The quantitative estimate of drug-likeness (QED) is 0.783. The van der Waals surface area contributed by atoms with Crippen LogP contribution in [0, 0.1) is 5.41 Å². The number of hydrogen-bond acceptors (Lipinski definition) is 2. The number of fused-ring (bicyclic) bond motifs is 1. The van der Waals surface area contributed by atoms with Gasteiger partial charge in [-0.25, -0.2) is 4.98 Å². The van der Waals surface area contributed by atoms with Crippen molar-refractivity contribution in [2.45, 2.75) is 33.2 Å². The maximum absolute atomic E-state index is 12.6. The lowest BCUT2D eigenvalue weighted by Gasteiger charge is -2.24. The molecule has 1 atom stereocenters. The first kappa shape index (κ1) is 17.2. The SMILES string of the molecule is Cn1c([C@@H](Cc2ccccc2)NC(=O)C(C)(C)C)nc2ccccc21. The van der Waals surface area contributed by atoms with Crippen molar-refractivity contribution in [1.82, 2.24) is 14.9 Å². The summed E-state index contributed by atoms with van der Waals surface area (Å²) in [7, 11) is 2.01. The Hall–Kier alpha value is -2.62. The highest BCUT2D eigenvalue weighted by molar-refractivity contribution is 5.82. The Balaban J connectivity index is 2.00. The molecule has 0 aliphatic carbocycles. The number of aromatic nitrogens is 2. The second-order valence-corrected chi connectivity index (χ2v) is 7.48. The molecule has 0 bridgehead atoms. The van der Waals surface area contributed by atoms with E-state index < -0.39 is 5.41 Å². The molecule has 1 heterocycles. The third-order valence-corrected chi connectivity index (χ3v) is 4.40. The van der Waals surface area contributed by atoms with Crippen molar-refractivity contribution in [2.75, 3.05) is 0 Å². The van der Waals surface area contributed by atoms with Crippen molar-refractivity contribution >= 4 is 16.9 Å². The van der Waals surface area contributed by atoms with Crippen LogP contribution in [0.2, 0.25) is 0 Å². The summed E-state index contributed by atoms with van der Waals surface area (Å²) in [5, 5.41) is 3.20. The van der Waals surface area contributed by atoms with E-state index in [9.17, 15) is 4.79 Å². The molecular formula is C21H25N3O. The van der Waals surface area contributed by atoms with Crippen molar-refractivity contribution in [2.24, 2.45) is 12.5 Å². The predicted molar refractivity (Wildman–Crippen MR) is 101 cm³/mol. The Kier molecular flexibility index (Phi) is 4.62. The van der Waals surface area contributed by atoms with Gasteiger partial charge < -0.3 is 9.88 Å². The topological polar surface area (TPSA) is 46.9 Å². The predicted octanol–water partition coefficient (Wildman–Crippen LogP) is 4.02. The number of benzene rings is 2. The number of carbonyl (C=O) groups is 1. The molecule has 4 nitrogen and oxygen atoms in total. The lowest BCUT2D eigenvalue weighted by atomic mass is 9.94. The van der Waals surface area contributed by atoms with Crippen LogP contribution >= 0.6 is 0 Å². The van der Waals surface area contributed by atoms with Gasteiger partial charge in [-0.15, -0.1) is 0 Å². The van der Waals surface area contributed by atoms with Crippen LogP contribution in [-0.2, 0) is 18.3 Å². The largest absolute Gasteiger partial charge is 0.345 e. The molecule has 1 amide bonds. The van der Waals surface area contributed by atoms with E-state index in [0.29, 0.717) is 6.42 Å². The van der Waals surface area contributed by atoms with Gasteiger partial charge in [0.2, 0.25) is 5.91 Å². The van der Waals surface area contributed by atoms with Crippen LogP contribution in [0.1, 0.15) is 38.2 Å². The molecule has 3 rings (SSSR count). The van der Waals surface area contributed by atoms with Crippen LogP contribution in [0.3, 0.4) is 0 Å². The van der Waals surface area contributed by atoms with Gasteiger partial charge in [-0.05, 0) is 24.1 Å². The Morgan fingerprint density at radius 1 is 1.08 bits per heavy atom. The highest BCUT2D eigenvalue weighted by atomic mass is 16.2. The number of hydrogen-bond donors (Lipinski definition) is 1. The fourth-order valence-electron chi connectivity index (χ4n) is 2.91. The summed E-state index contributed by atoms with van der Waals surface area (Å²) in [5.74, 6) is 0.906. The average molecular weight is 335 g/mol. The van der Waals surface area contributed by atoms with Crippen LogP contribution in [0.15, 0.2) is 54.6 Å². The summed E-state index contributed by atoms with van der Waals surface area (Å²) in [6, 6.07) is 18.1. The summed E-state index contributed by atoms with van der Waals surface area (Å²) in [6.07, 6.45) is 0.708. The molecule has 0 saturated heterocycles. The summed E-state index contributed by atoms with van der Waals surface area (Å²) < 4.78 is 2.08. The van der Waals surface area contributed by atoms with E-state index in [2.05, 4.69) is 28.1 Å². The molecule has 0 unspecified atom stereocenters. The summed E-state index contributed by atoms with van der Waals surface area (Å²) in [6.45, 7) is 5.78. The molecule has 25 heavy (non-hydrogen) atoms. The standard InChI is InChI=1S/C21H25N3O/c1-21(2,3)20(25)23-17(14-15-10-6-5-7-11-15)19-22-16-12-8-9-13-18(16)24(19)4/h5-13,17H,14H2,1-4H3,(H,23,25)/t17-/m1/s1. The summed E-state index contributed by atoms with van der Waals surface area (Å²) in [4.78, 5) is 17.4. The van der Waals surface area contributed by atoms with Gasteiger partial charge in [-0.3, -0.25) is 4.79 Å². The Morgan fingerprint density at radius 2 is 1.72 bits per heavy atom. The van der Waals surface area contributed by atoms with Gasteiger partial charge in [-0.2, -0.15) is 0 Å². The monoisotopic (exact) mass is 335 g/mol. The van der Waals surface area contributed by atoms with Gasteiger partial charge in [0, 0.05) is 12.5 Å². The molecule has 0 saturated carbocycles. The molecule has 0 aliphatic heterocycles. The second kappa shape index (κ2) is 6.71. The first-order valence-corrected chi connectivity index (χ1v) is 8.62. The van der Waals surface area contributed by atoms with Gasteiger partial charge in [0.15, 0.2) is 0 Å². The molecule has 2 aromatic carbocycles. The number of rotatable bonds is 4. The number of aryl methyl sites for hydroxylation is 1. The minimum atomic E-state index is -0.445. The van der Waals surface area contributed by atoms with E-state index in [1.54, 1.807) is 0 Å². The summed E-state index contributed by atoms with van der Waals surface area (Å²) >= 11 is 0. The minimum absolute atomic E-state index is 0.0282. The van der Waals surface area contributed by atoms with Crippen molar-refractivity contribution in [3.05, 3.63) is 66.0 Å². The second-order valence-electron chi connectivity index (χ2n) is 7.48. The molecule has 0 aliphatic rings. The first-order valence-electron chi connectivity index (χ1n) is 8.62. The molecule has 1 aromatic heterocycles.